The molecule has 0 spiro atoms. The molecule has 1 N–H and O–H groups in total. The van der Waals surface area contributed by atoms with Crippen LogP contribution in [0.15, 0.2) is 48.8 Å². The van der Waals surface area contributed by atoms with Gasteiger partial charge in [0, 0.05) is 17.4 Å². The van der Waals surface area contributed by atoms with Gasteiger partial charge < -0.3 is 10.1 Å². The fourth-order valence-electron chi connectivity index (χ4n) is 1.89. The number of benzene rings is 1. The third kappa shape index (κ3) is 4.30. The number of aromatic nitrogens is 1. The number of pyridine rings is 1. The summed E-state index contributed by atoms with van der Waals surface area (Å²) in [6.45, 7) is 1.46. The molecule has 0 aliphatic rings. The van der Waals surface area contributed by atoms with Crippen LogP contribution in [0.25, 0.3) is 0 Å². The van der Waals surface area contributed by atoms with Gasteiger partial charge in [-0.25, -0.2) is 4.79 Å². The molecule has 1 heterocycles. The van der Waals surface area contributed by atoms with E-state index in [1.54, 1.807) is 6.07 Å². The lowest BCUT2D eigenvalue weighted by molar-refractivity contribution is -0.124. The van der Waals surface area contributed by atoms with Crippen LogP contribution in [0.1, 0.15) is 28.9 Å². The van der Waals surface area contributed by atoms with Crippen LogP contribution in [0.3, 0.4) is 0 Å². The number of rotatable bonds is 5. The van der Waals surface area contributed by atoms with E-state index in [1.807, 2.05) is 25.1 Å². The zero-order valence-corrected chi connectivity index (χ0v) is 12.7. The van der Waals surface area contributed by atoms with E-state index in [2.05, 4.69) is 10.3 Å². The monoisotopic (exact) mass is 318 g/mol. The van der Waals surface area contributed by atoms with Gasteiger partial charge in [-0.3, -0.25) is 9.78 Å². The first-order valence-electron chi connectivity index (χ1n) is 6.69. The number of esters is 1. The molecule has 1 aromatic heterocycles. The summed E-state index contributed by atoms with van der Waals surface area (Å²) in [6.07, 6.45) is 2.96. The van der Waals surface area contributed by atoms with Gasteiger partial charge in [0.25, 0.3) is 5.91 Å². The second kappa shape index (κ2) is 7.56. The van der Waals surface area contributed by atoms with Gasteiger partial charge in [0.05, 0.1) is 11.6 Å². The average Bonchev–Trinajstić information content (AvgIpc) is 2.53. The Hall–Kier alpha value is -2.40. The second-order valence-electron chi connectivity index (χ2n) is 4.62. The molecular formula is C16H15ClN2O3. The number of halogens is 1. The number of nitrogens with zero attached hydrogens (tertiary/aromatic N) is 1. The zero-order valence-electron chi connectivity index (χ0n) is 12.0. The Morgan fingerprint density at radius 3 is 2.59 bits per heavy atom. The Kier molecular flexibility index (Phi) is 5.49. The fourth-order valence-corrected chi connectivity index (χ4v) is 2.19. The summed E-state index contributed by atoms with van der Waals surface area (Å²) in [7, 11) is 0. The van der Waals surface area contributed by atoms with Crippen molar-refractivity contribution in [3.05, 3.63) is 64.9 Å². The molecule has 0 aliphatic heterocycles. The number of carbonyl (C=O) groups excluding carboxylic acids is 2. The molecule has 5 nitrogen and oxygen atoms in total. The van der Waals surface area contributed by atoms with Crippen LogP contribution >= 0.6 is 11.6 Å². The van der Waals surface area contributed by atoms with Crippen LogP contribution < -0.4 is 5.32 Å². The van der Waals surface area contributed by atoms with E-state index in [0.717, 1.165) is 5.56 Å². The van der Waals surface area contributed by atoms with Crippen molar-refractivity contribution in [1.82, 2.24) is 10.3 Å². The SMILES string of the molecule is C[C@H](NC(=O)COC(=O)c1ccncc1)c1ccccc1Cl. The minimum absolute atomic E-state index is 0.277. The van der Waals surface area contributed by atoms with Crippen molar-refractivity contribution in [2.45, 2.75) is 13.0 Å². The maximum atomic E-state index is 11.8. The van der Waals surface area contributed by atoms with Crippen molar-refractivity contribution < 1.29 is 14.3 Å². The smallest absolute Gasteiger partial charge is 0.338 e. The first kappa shape index (κ1) is 16.0. The average molecular weight is 319 g/mol. The lowest BCUT2D eigenvalue weighted by Gasteiger charge is -2.15. The molecule has 1 atom stereocenters. The number of carbonyl (C=O) groups is 2. The van der Waals surface area contributed by atoms with E-state index < -0.39 is 11.9 Å². The summed E-state index contributed by atoms with van der Waals surface area (Å²) < 4.78 is 4.95. The molecule has 0 unspecified atom stereocenters. The Labute approximate surface area is 133 Å². The molecule has 1 amide bonds. The van der Waals surface area contributed by atoms with Crippen molar-refractivity contribution >= 4 is 23.5 Å². The van der Waals surface area contributed by atoms with E-state index >= 15 is 0 Å². The van der Waals surface area contributed by atoms with Gasteiger partial charge >= 0.3 is 5.97 Å². The van der Waals surface area contributed by atoms with E-state index in [9.17, 15) is 9.59 Å². The van der Waals surface area contributed by atoms with Crippen LogP contribution in [0, 0.1) is 0 Å². The summed E-state index contributed by atoms with van der Waals surface area (Å²) in [4.78, 5) is 27.3. The molecule has 0 bridgehead atoms. The minimum Gasteiger partial charge on any atom is -0.452 e. The molecule has 1 aromatic carbocycles. The Morgan fingerprint density at radius 1 is 1.23 bits per heavy atom. The standard InChI is InChI=1S/C16H15ClN2O3/c1-11(13-4-2-3-5-14(13)17)19-15(20)10-22-16(21)12-6-8-18-9-7-12/h2-9,11H,10H2,1H3,(H,19,20)/t11-/m0/s1. The molecule has 0 aliphatic carbocycles. The van der Waals surface area contributed by atoms with Gasteiger partial charge in [-0.05, 0) is 30.7 Å². The normalized spacial score (nSPS) is 11.5. The van der Waals surface area contributed by atoms with Crippen molar-refractivity contribution in [2.75, 3.05) is 6.61 Å². The molecule has 0 radical (unpaired) electrons. The van der Waals surface area contributed by atoms with Gasteiger partial charge in [-0.15, -0.1) is 0 Å². The van der Waals surface area contributed by atoms with Crippen molar-refractivity contribution in [3.8, 4) is 0 Å². The largest absolute Gasteiger partial charge is 0.452 e. The number of ether oxygens (including phenoxy) is 1. The molecule has 0 fully saturated rings. The van der Waals surface area contributed by atoms with Crippen LogP contribution in [0.4, 0.5) is 0 Å². The number of hydrogen-bond donors (Lipinski definition) is 1. The highest BCUT2D eigenvalue weighted by atomic mass is 35.5. The number of hydrogen-bond acceptors (Lipinski definition) is 4. The molecule has 22 heavy (non-hydrogen) atoms. The third-order valence-corrected chi connectivity index (χ3v) is 3.34. The first-order chi connectivity index (χ1) is 10.6. The van der Waals surface area contributed by atoms with E-state index in [0.29, 0.717) is 10.6 Å². The van der Waals surface area contributed by atoms with Gasteiger partial charge in [0.15, 0.2) is 6.61 Å². The number of amides is 1. The topological polar surface area (TPSA) is 68.3 Å². The van der Waals surface area contributed by atoms with Crippen molar-refractivity contribution in [3.63, 3.8) is 0 Å². The Balaban J connectivity index is 1.86. The third-order valence-electron chi connectivity index (χ3n) is 3.00. The van der Waals surface area contributed by atoms with Crippen molar-refractivity contribution in [1.29, 1.82) is 0 Å². The summed E-state index contributed by atoms with van der Waals surface area (Å²) >= 11 is 6.07. The molecule has 114 valence electrons. The second-order valence-corrected chi connectivity index (χ2v) is 5.03. The Bertz CT molecular complexity index is 661. The van der Waals surface area contributed by atoms with Gasteiger partial charge in [-0.1, -0.05) is 29.8 Å². The quantitative estimate of drug-likeness (QED) is 0.861. The van der Waals surface area contributed by atoms with E-state index in [4.69, 9.17) is 16.3 Å². The van der Waals surface area contributed by atoms with Crippen LogP contribution in [-0.4, -0.2) is 23.5 Å². The molecule has 0 saturated carbocycles. The Morgan fingerprint density at radius 2 is 1.91 bits per heavy atom. The first-order valence-corrected chi connectivity index (χ1v) is 7.06. The fraction of sp³-hybridized carbons (Fsp3) is 0.188. The summed E-state index contributed by atoms with van der Waals surface area (Å²) in [5, 5.41) is 3.30. The lowest BCUT2D eigenvalue weighted by Crippen LogP contribution is -2.31. The lowest BCUT2D eigenvalue weighted by atomic mass is 10.1. The molecule has 6 heteroatoms. The predicted octanol–water partition coefficient (Wildman–Crippen LogP) is 2.77. The highest BCUT2D eigenvalue weighted by Gasteiger charge is 2.14. The highest BCUT2D eigenvalue weighted by molar-refractivity contribution is 6.31. The van der Waals surface area contributed by atoms with Crippen molar-refractivity contribution in [2.24, 2.45) is 0 Å². The summed E-state index contributed by atoms with van der Waals surface area (Å²) in [5.41, 5.74) is 1.15. The van der Waals surface area contributed by atoms with Crippen LogP contribution in [0.5, 0.6) is 0 Å². The molecule has 2 aromatic rings. The highest BCUT2D eigenvalue weighted by Crippen LogP contribution is 2.21. The molecule has 0 saturated heterocycles. The zero-order chi connectivity index (χ0) is 15.9. The summed E-state index contributed by atoms with van der Waals surface area (Å²) in [6, 6.07) is 10.0. The van der Waals surface area contributed by atoms with Crippen LogP contribution in [-0.2, 0) is 9.53 Å². The van der Waals surface area contributed by atoms with E-state index in [1.165, 1.54) is 24.5 Å². The maximum Gasteiger partial charge on any atom is 0.338 e. The number of nitrogens with one attached hydrogen (secondary N) is 1. The van der Waals surface area contributed by atoms with E-state index in [-0.39, 0.29) is 12.6 Å². The summed E-state index contributed by atoms with van der Waals surface area (Å²) in [5.74, 6) is -0.960. The molecule has 2 rings (SSSR count). The minimum atomic E-state index is -0.567. The van der Waals surface area contributed by atoms with Gasteiger partial charge in [-0.2, -0.15) is 0 Å². The maximum absolute atomic E-state index is 11.8. The van der Waals surface area contributed by atoms with Crippen LogP contribution in [0.2, 0.25) is 5.02 Å². The predicted molar refractivity (Wildman–Crippen MR) is 82.5 cm³/mol. The molecular weight excluding hydrogens is 304 g/mol. The van der Waals surface area contributed by atoms with Gasteiger partial charge in [0.2, 0.25) is 0 Å². The van der Waals surface area contributed by atoms with Gasteiger partial charge in [0.1, 0.15) is 0 Å².